The van der Waals surface area contributed by atoms with E-state index in [4.69, 9.17) is 10.2 Å². The van der Waals surface area contributed by atoms with Crippen molar-refractivity contribution in [2.75, 3.05) is 0 Å². The van der Waals surface area contributed by atoms with Crippen molar-refractivity contribution >= 4 is 0 Å². The van der Waals surface area contributed by atoms with Crippen molar-refractivity contribution in [1.29, 1.82) is 0 Å². The summed E-state index contributed by atoms with van der Waals surface area (Å²) in [4.78, 5) is 3.21. The molecule has 0 aliphatic carbocycles. The second-order valence-corrected chi connectivity index (χ2v) is 1.49. The Morgan fingerprint density at radius 3 is 2.40 bits per heavy atom. The molecule has 0 aliphatic heterocycles. The maximum absolute atomic E-state index is 12.1. The number of hydrogen-bond donors (Lipinski definition) is 2. The predicted molar refractivity (Wildman–Crippen MR) is 27.5 cm³/mol. The molecule has 0 saturated carbocycles. The van der Waals surface area contributed by atoms with Crippen molar-refractivity contribution < 1.29 is 34.1 Å². The summed E-state index contributed by atoms with van der Waals surface area (Å²) in [5, 5.41) is 17.0. The predicted octanol–water partition coefficient (Wildman–Crippen LogP) is 0.629. The topological polar surface area (TPSA) is 53.4 Å². The van der Waals surface area contributed by atoms with E-state index in [1.165, 1.54) is 0 Å². The van der Waals surface area contributed by atoms with E-state index in [0.29, 0.717) is 0 Å². The molecule has 2 N–H and O–H groups in total. The molecule has 0 amide bonds. The number of rotatable bonds is 0. The molecular formula is C5H4FNO2Rh. The van der Waals surface area contributed by atoms with Crippen molar-refractivity contribution in [2.45, 2.75) is 0 Å². The van der Waals surface area contributed by atoms with Gasteiger partial charge in [0.2, 0.25) is 5.88 Å². The summed E-state index contributed by atoms with van der Waals surface area (Å²) in [7, 11) is 0. The van der Waals surface area contributed by atoms with Gasteiger partial charge in [-0.3, -0.25) is 0 Å². The number of nitrogens with zero attached hydrogens (tertiary/aromatic N) is 1. The van der Waals surface area contributed by atoms with E-state index in [-0.39, 0.29) is 19.5 Å². The van der Waals surface area contributed by atoms with Crippen LogP contribution in [-0.2, 0) is 19.5 Å². The number of aromatic nitrogens is 1. The molecule has 0 bridgehead atoms. The van der Waals surface area contributed by atoms with E-state index in [1.54, 1.807) is 0 Å². The average molecular weight is 232 g/mol. The molecule has 0 atom stereocenters. The molecule has 0 fully saturated rings. The number of pyridine rings is 1. The van der Waals surface area contributed by atoms with Crippen molar-refractivity contribution in [3.63, 3.8) is 0 Å². The van der Waals surface area contributed by atoms with Crippen LogP contribution in [0.3, 0.4) is 0 Å². The van der Waals surface area contributed by atoms with Gasteiger partial charge in [0.15, 0.2) is 11.6 Å². The van der Waals surface area contributed by atoms with Gasteiger partial charge in [-0.1, -0.05) is 0 Å². The molecule has 1 radical (unpaired) electrons. The van der Waals surface area contributed by atoms with Gasteiger partial charge in [-0.05, 0) is 0 Å². The summed E-state index contributed by atoms with van der Waals surface area (Å²) >= 11 is 0. The van der Waals surface area contributed by atoms with Crippen LogP contribution in [0.2, 0.25) is 0 Å². The molecule has 1 aromatic rings. The van der Waals surface area contributed by atoms with Crippen LogP contribution in [-0.4, -0.2) is 15.2 Å². The van der Waals surface area contributed by atoms with Crippen LogP contribution in [0, 0.1) is 5.82 Å². The van der Waals surface area contributed by atoms with E-state index in [9.17, 15) is 4.39 Å². The Labute approximate surface area is 69.3 Å². The summed E-state index contributed by atoms with van der Waals surface area (Å²) in [6.07, 6.45) is 0.838. The molecule has 0 aromatic carbocycles. The zero-order valence-electron chi connectivity index (χ0n) is 4.71. The van der Waals surface area contributed by atoms with Crippen molar-refractivity contribution in [2.24, 2.45) is 0 Å². The SMILES string of the molecule is Oc1cc(F)c(O)cn1.[Rh]. The molecule has 0 spiro atoms. The first-order chi connectivity index (χ1) is 4.20. The summed E-state index contributed by atoms with van der Waals surface area (Å²) in [5.41, 5.74) is 0. The number of halogens is 1. The maximum Gasteiger partial charge on any atom is 0.213 e. The number of hydrogen-bond acceptors (Lipinski definition) is 3. The number of aromatic hydroxyl groups is 2. The molecule has 1 aromatic heterocycles. The molecule has 5 heteroatoms. The summed E-state index contributed by atoms with van der Waals surface area (Å²) in [6, 6.07) is 0.731. The summed E-state index contributed by atoms with van der Waals surface area (Å²) < 4.78 is 12.1. The van der Waals surface area contributed by atoms with Gasteiger partial charge in [-0.2, -0.15) is 0 Å². The standard InChI is InChI=1S/C5H4FNO2.Rh/c6-3-1-5(9)7-2-4(3)8;/h1-2,8H,(H,7,9);. The van der Waals surface area contributed by atoms with Crippen LogP contribution in [0.1, 0.15) is 0 Å². The van der Waals surface area contributed by atoms with Crippen LogP contribution >= 0.6 is 0 Å². The fourth-order valence-electron chi connectivity index (χ4n) is 0.413. The molecular weight excluding hydrogens is 228 g/mol. The second-order valence-electron chi connectivity index (χ2n) is 1.49. The third-order valence-electron chi connectivity index (χ3n) is 0.820. The van der Waals surface area contributed by atoms with Crippen LogP contribution in [0.25, 0.3) is 0 Å². The van der Waals surface area contributed by atoms with Crippen LogP contribution in [0.4, 0.5) is 4.39 Å². The Kier molecular flexibility index (Phi) is 3.22. The fourth-order valence-corrected chi connectivity index (χ4v) is 0.413. The Hall–Kier alpha value is -0.697. The van der Waals surface area contributed by atoms with Gasteiger partial charge in [0.1, 0.15) is 0 Å². The first kappa shape index (κ1) is 9.30. The zero-order chi connectivity index (χ0) is 6.85. The molecule has 1 rings (SSSR count). The quantitative estimate of drug-likeness (QED) is 0.645. The van der Waals surface area contributed by atoms with E-state index in [1.807, 2.05) is 0 Å². The third kappa shape index (κ3) is 1.92. The first-order valence-electron chi connectivity index (χ1n) is 2.23. The second kappa shape index (κ2) is 3.47. The first-order valence-corrected chi connectivity index (χ1v) is 2.23. The minimum Gasteiger partial charge on any atom is -0.504 e. The smallest absolute Gasteiger partial charge is 0.213 e. The molecule has 1 heterocycles. The molecule has 0 unspecified atom stereocenters. The van der Waals surface area contributed by atoms with Crippen molar-refractivity contribution in [3.05, 3.63) is 18.1 Å². The monoisotopic (exact) mass is 232 g/mol. The molecule has 0 aliphatic rings. The maximum atomic E-state index is 12.1. The average Bonchev–Trinajstić information content (AvgIpc) is 1.80. The van der Waals surface area contributed by atoms with Gasteiger partial charge in [0.05, 0.1) is 6.20 Å². The third-order valence-corrected chi connectivity index (χ3v) is 0.820. The molecule has 3 nitrogen and oxygen atoms in total. The van der Waals surface area contributed by atoms with Crippen molar-refractivity contribution in [1.82, 2.24) is 4.98 Å². The van der Waals surface area contributed by atoms with E-state index < -0.39 is 17.4 Å². The van der Waals surface area contributed by atoms with E-state index >= 15 is 0 Å². The van der Waals surface area contributed by atoms with Crippen LogP contribution in [0.15, 0.2) is 12.3 Å². The Bertz CT molecular complexity index is 231. The van der Waals surface area contributed by atoms with E-state index in [0.717, 1.165) is 12.3 Å². The van der Waals surface area contributed by atoms with Gasteiger partial charge in [0.25, 0.3) is 0 Å². The van der Waals surface area contributed by atoms with Gasteiger partial charge >= 0.3 is 0 Å². The van der Waals surface area contributed by atoms with Crippen molar-refractivity contribution in [3.8, 4) is 11.6 Å². The zero-order valence-corrected chi connectivity index (χ0v) is 6.35. The summed E-state index contributed by atoms with van der Waals surface area (Å²) in [6.45, 7) is 0. The van der Waals surface area contributed by atoms with Gasteiger partial charge < -0.3 is 10.2 Å². The van der Waals surface area contributed by atoms with Crippen LogP contribution in [0.5, 0.6) is 11.6 Å². The molecule has 10 heavy (non-hydrogen) atoms. The molecule has 0 saturated heterocycles. The fraction of sp³-hybridized carbons (Fsp3) is 0. The van der Waals surface area contributed by atoms with E-state index in [2.05, 4.69) is 4.98 Å². The summed E-state index contributed by atoms with van der Waals surface area (Å²) in [5.74, 6) is -1.87. The van der Waals surface area contributed by atoms with Gasteiger partial charge in [-0.15, -0.1) is 0 Å². The Morgan fingerprint density at radius 2 is 2.00 bits per heavy atom. The van der Waals surface area contributed by atoms with Crippen LogP contribution < -0.4 is 0 Å². The minimum absolute atomic E-state index is 0. The van der Waals surface area contributed by atoms with Gasteiger partial charge in [0, 0.05) is 25.5 Å². The minimum atomic E-state index is -0.873. The Balaban J connectivity index is 0.000000810. The van der Waals surface area contributed by atoms with Gasteiger partial charge in [-0.25, -0.2) is 9.37 Å². The molecule has 57 valence electrons. The Morgan fingerprint density at radius 1 is 1.40 bits per heavy atom. The normalized spacial score (nSPS) is 8.50. The largest absolute Gasteiger partial charge is 0.504 e.